The molecule has 1 aliphatic heterocycles. The largest absolute Gasteiger partial charge is 0.502 e. The summed E-state index contributed by atoms with van der Waals surface area (Å²) in [5.41, 5.74) is 3.57. The molecule has 1 saturated heterocycles. The fourth-order valence-electron chi connectivity index (χ4n) is 4.25. The molecule has 9 nitrogen and oxygen atoms in total. The Bertz CT molecular complexity index is 1440. The van der Waals surface area contributed by atoms with Crippen LogP contribution in [0.15, 0.2) is 59.7 Å². The van der Waals surface area contributed by atoms with Crippen molar-refractivity contribution in [2.75, 3.05) is 45.0 Å². The van der Waals surface area contributed by atoms with E-state index in [4.69, 9.17) is 4.74 Å². The van der Waals surface area contributed by atoms with Gasteiger partial charge in [0.1, 0.15) is 0 Å². The molecule has 1 atom stereocenters. The summed E-state index contributed by atoms with van der Waals surface area (Å²) in [6.45, 7) is 4.62. The first-order valence-electron chi connectivity index (χ1n) is 12.4. The summed E-state index contributed by atoms with van der Waals surface area (Å²) in [6.07, 6.45) is 2.81. The first kappa shape index (κ1) is 27.5. The zero-order valence-electron chi connectivity index (χ0n) is 21.3. The van der Waals surface area contributed by atoms with Gasteiger partial charge in [0.15, 0.2) is 9.84 Å². The third kappa shape index (κ3) is 8.26. The van der Waals surface area contributed by atoms with E-state index in [1.807, 2.05) is 36.4 Å². The maximum atomic E-state index is 11.9. The third-order valence-corrected chi connectivity index (χ3v) is 6.98. The number of H-pyrrole nitrogens is 1. The highest BCUT2D eigenvalue weighted by atomic mass is 32.2. The van der Waals surface area contributed by atoms with E-state index in [9.17, 15) is 18.3 Å². The van der Waals surface area contributed by atoms with Gasteiger partial charge in [-0.2, -0.15) is 0 Å². The number of nitrogens with one attached hydrogen (secondary N) is 2. The highest BCUT2D eigenvalue weighted by Gasteiger charge is 2.20. The Kier molecular flexibility index (Phi) is 9.31. The molecule has 1 aliphatic rings. The molecule has 2 heterocycles. The molecular formula is C28H32N4O5S. The molecule has 1 fully saturated rings. The van der Waals surface area contributed by atoms with Gasteiger partial charge in [0, 0.05) is 49.5 Å². The number of ether oxygens (including phenoxy) is 1. The summed E-state index contributed by atoms with van der Waals surface area (Å²) >= 11 is 0. The van der Waals surface area contributed by atoms with Crippen molar-refractivity contribution in [2.24, 2.45) is 0 Å². The molecule has 3 N–H and O–H groups in total. The van der Waals surface area contributed by atoms with Crippen molar-refractivity contribution in [2.45, 2.75) is 18.9 Å². The van der Waals surface area contributed by atoms with Crippen LogP contribution in [0.5, 0.6) is 5.75 Å². The summed E-state index contributed by atoms with van der Waals surface area (Å²) < 4.78 is 28.5. The van der Waals surface area contributed by atoms with Crippen LogP contribution in [0, 0.1) is 11.8 Å². The molecule has 2 aromatic carbocycles. The molecule has 4 rings (SSSR count). The Morgan fingerprint density at radius 1 is 1.05 bits per heavy atom. The Labute approximate surface area is 222 Å². The molecule has 0 radical (unpaired) electrons. The second-order valence-corrected chi connectivity index (χ2v) is 11.6. The lowest BCUT2D eigenvalue weighted by Crippen LogP contribution is -2.35. The summed E-state index contributed by atoms with van der Waals surface area (Å²) in [5, 5.41) is 13.1. The molecule has 10 heteroatoms. The van der Waals surface area contributed by atoms with E-state index in [2.05, 4.69) is 44.2 Å². The van der Waals surface area contributed by atoms with Crippen LogP contribution < -0.4 is 10.9 Å². The predicted molar refractivity (Wildman–Crippen MR) is 146 cm³/mol. The van der Waals surface area contributed by atoms with Crippen LogP contribution in [0.25, 0.3) is 0 Å². The van der Waals surface area contributed by atoms with Crippen molar-refractivity contribution in [3.8, 4) is 17.6 Å². The lowest BCUT2D eigenvalue weighted by atomic mass is 9.94. The third-order valence-electron chi connectivity index (χ3n) is 6.25. The summed E-state index contributed by atoms with van der Waals surface area (Å²) in [5.74, 6) is 5.31. The van der Waals surface area contributed by atoms with Crippen molar-refractivity contribution >= 4 is 9.84 Å². The molecule has 0 saturated carbocycles. The van der Waals surface area contributed by atoms with E-state index in [-0.39, 0.29) is 18.1 Å². The van der Waals surface area contributed by atoms with Crippen LogP contribution >= 0.6 is 0 Å². The van der Waals surface area contributed by atoms with Gasteiger partial charge in [0.05, 0.1) is 31.1 Å². The summed E-state index contributed by atoms with van der Waals surface area (Å²) in [7, 11) is -3.22. The zero-order valence-corrected chi connectivity index (χ0v) is 22.1. The van der Waals surface area contributed by atoms with Crippen LogP contribution in [0.3, 0.4) is 0 Å². The highest BCUT2D eigenvalue weighted by molar-refractivity contribution is 7.90. The van der Waals surface area contributed by atoms with Gasteiger partial charge in [-0.15, -0.1) is 0 Å². The topological polar surface area (TPSA) is 125 Å². The lowest BCUT2D eigenvalue weighted by molar-refractivity contribution is 0.0342. The van der Waals surface area contributed by atoms with Gasteiger partial charge in [-0.1, -0.05) is 36.1 Å². The standard InChI is InChI=1S/C28H32N4O5S/c1-38(35,36)20-29-17-25(26-27(33)28(34)31-19-30-26)16-23-8-4-21(5-9-23)2-3-22-6-10-24(11-7-22)18-32-12-14-37-15-13-32/h4-11,19,25,29,33H,12-18,20H2,1H3,(H,30,31,34). The molecule has 1 aromatic heterocycles. The summed E-state index contributed by atoms with van der Waals surface area (Å²) in [4.78, 5) is 20.8. The van der Waals surface area contributed by atoms with Crippen LogP contribution in [-0.4, -0.2) is 73.4 Å². The van der Waals surface area contributed by atoms with Crippen LogP contribution in [-0.2, 0) is 27.5 Å². The van der Waals surface area contributed by atoms with E-state index in [1.165, 1.54) is 11.9 Å². The maximum Gasteiger partial charge on any atom is 0.293 e. The minimum Gasteiger partial charge on any atom is -0.502 e. The Morgan fingerprint density at radius 3 is 2.26 bits per heavy atom. The van der Waals surface area contributed by atoms with Crippen LogP contribution in [0.2, 0.25) is 0 Å². The number of aromatic nitrogens is 2. The van der Waals surface area contributed by atoms with Crippen molar-refractivity contribution in [1.82, 2.24) is 20.2 Å². The maximum absolute atomic E-state index is 11.9. The van der Waals surface area contributed by atoms with E-state index in [0.29, 0.717) is 6.42 Å². The van der Waals surface area contributed by atoms with E-state index in [0.717, 1.165) is 55.8 Å². The smallest absolute Gasteiger partial charge is 0.293 e. The Hall–Kier alpha value is -3.49. The van der Waals surface area contributed by atoms with Gasteiger partial charge >= 0.3 is 0 Å². The molecule has 0 bridgehead atoms. The Morgan fingerprint density at radius 2 is 1.66 bits per heavy atom. The number of nitrogens with zero attached hydrogens (tertiary/aromatic N) is 2. The van der Waals surface area contributed by atoms with Crippen molar-refractivity contribution in [1.29, 1.82) is 0 Å². The molecule has 200 valence electrons. The predicted octanol–water partition coefficient (Wildman–Crippen LogP) is 1.63. The second-order valence-electron chi connectivity index (χ2n) is 9.42. The van der Waals surface area contributed by atoms with Gasteiger partial charge in [-0.05, 0) is 41.8 Å². The number of sulfone groups is 1. The van der Waals surface area contributed by atoms with Gasteiger partial charge in [-0.25, -0.2) is 13.4 Å². The number of hydrogen-bond donors (Lipinski definition) is 3. The lowest BCUT2D eigenvalue weighted by Gasteiger charge is -2.26. The number of aromatic amines is 1. The normalized spacial score (nSPS) is 15.0. The SMILES string of the molecule is CS(=O)(=O)CNCC(Cc1ccc(C#Cc2ccc(CN3CCOCC3)cc2)cc1)c1nc[nH]c(=O)c1O. The monoisotopic (exact) mass is 536 g/mol. The van der Waals surface area contributed by atoms with Crippen molar-refractivity contribution < 1.29 is 18.3 Å². The zero-order chi connectivity index (χ0) is 27.0. The van der Waals surface area contributed by atoms with E-state index in [1.54, 1.807) is 0 Å². The molecule has 3 aromatic rings. The minimum atomic E-state index is -3.22. The Balaban J connectivity index is 1.41. The molecule has 0 spiro atoms. The fraction of sp³-hybridized carbons (Fsp3) is 0.357. The van der Waals surface area contributed by atoms with E-state index >= 15 is 0 Å². The highest BCUT2D eigenvalue weighted by Crippen LogP contribution is 2.24. The average Bonchev–Trinajstić information content (AvgIpc) is 2.90. The first-order chi connectivity index (χ1) is 18.3. The molecule has 38 heavy (non-hydrogen) atoms. The number of morpholine rings is 1. The minimum absolute atomic E-state index is 0.212. The number of benzene rings is 2. The molecule has 0 amide bonds. The van der Waals surface area contributed by atoms with Gasteiger partial charge < -0.3 is 20.1 Å². The molecule has 1 unspecified atom stereocenters. The number of aromatic hydroxyl groups is 1. The van der Waals surface area contributed by atoms with E-state index < -0.39 is 27.1 Å². The fourth-order valence-corrected chi connectivity index (χ4v) is 4.74. The molecular weight excluding hydrogens is 504 g/mol. The van der Waals surface area contributed by atoms with Crippen LogP contribution in [0.1, 0.15) is 33.9 Å². The first-order valence-corrected chi connectivity index (χ1v) is 14.5. The second kappa shape index (κ2) is 12.8. The number of hydrogen-bond acceptors (Lipinski definition) is 8. The summed E-state index contributed by atoms with van der Waals surface area (Å²) in [6, 6.07) is 16.0. The number of rotatable bonds is 9. The van der Waals surface area contributed by atoms with Gasteiger partial charge in [0.2, 0.25) is 5.75 Å². The van der Waals surface area contributed by atoms with Gasteiger partial charge in [-0.3, -0.25) is 9.69 Å². The van der Waals surface area contributed by atoms with Crippen LogP contribution in [0.4, 0.5) is 0 Å². The van der Waals surface area contributed by atoms with Crippen molar-refractivity contribution in [3.05, 3.63) is 93.2 Å². The van der Waals surface area contributed by atoms with Crippen molar-refractivity contribution in [3.63, 3.8) is 0 Å². The van der Waals surface area contributed by atoms with Gasteiger partial charge in [0.25, 0.3) is 5.56 Å². The molecule has 0 aliphatic carbocycles. The average molecular weight is 537 g/mol. The quantitative estimate of drug-likeness (QED) is 0.353.